The Morgan fingerprint density at radius 2 is 2.22 bits per heavy atom. The highest BCUT2D eigenvalue weighted by Gasteiger charge is 2.14. The van der Waals surface area contributed by atoms with Crippen molar-refractivity contribution in [2.24, 2.45) is 0 Å². The summed E-state index contributed by atoms with van der Waals surface area (Å²) in [5.41, 5.74) is 0.588. The largest absolute Gasteiger partial charge is 0.345 e. The van der Waals surface area contributed by atoms with Gasteiger partial charge in [0.25, 0.3) is 5.91 Å². The van der Waals surface area contributed by atoms with E-state index in [0.717, 1.165) is 9.35 Å². The second-order valence-electron chi connectivity index (χ2n) is 3.87. The normalized spacial score (nSPS) is 12.2. The molecule has 1 unspecified atom stereocenters. The zero-order chi connectivity index (χ0) is 13.1. The highest BCUT2D eigenvalue weighted by atomic mass is 79.9. The minimum absolute atomic E-state index is 0.00822. The first kappa shape index (κ1) is 13.6. The van der Waals surface area contributed by atoms with Crippen LogP contribution in [0.1, 0.15) is 28.2 Å². The average molecular weight is 342 g/mol. The maximum Gasteiger partial charge on any atom is 0.252 e. The SMILES string of the molecule is CC(NC(=O)c1ccc(Br)cc1S)c1cccs1. The molecular formula is C13H12BrNOS2. The highest BCUT2D eigenvalue weighted by molar-refractivity contribution is 9.10. The molecule has 0 radical (unpaired) electrons. The predicted molar refractivity (Wildman–Crippen MR) is 81.6 cm³/mol. The lowest BCUT2D eigenvalue weighted by Crippen LogP contribution is -2.26. The number of carbonyl (C=O) groups is 1. The average Bonchev–Trinajstić information content (AvgIpc) is 2.81. The van der Waals surface area contributed by atoms with E-state index in [2.05, 4.69) is 33.9 Å². The smallest absolute Gasteiger partial charge is 0.252 e. The molecule has 0 aliphatic carbocycles. The van der Waals surface area contributed by atoms with Gasteiger partial charge in [-0.15, -0.1) is 24.0 Å². The zero-order valence-corrected chi connectivity index (χ0v) is 13.0. The van der Waals surface area contributed by atoms with Crippen molar-refractivity contribution in [2.75, 3.05) is 0 Å². The van der Waals surface area contributed by atoms with Gasteiger partial charge in [0.05, 0.1) is 11.6 Å². The summed E-state index contributed by atoms with van der Waals surface area (Å²) in [6.07, 6.45) is 0. The van der Waals surface area contributed by atoms with Crippen LogP contribution in [0.4, 0.5) is 0 Å². The Balaban J connectivity index is 2.12. The summed E-state index contributed by atoms with van der Waals surface area (Å²) in [7, 11) is 0. The van der Waals surface area contributed by atoms with Gasteiger partial charge in [-0.2, -0.15) is 0 Å². The number of thiol groups is 1. The lowest BCUT2D eigenvalue weighted by molar-refractivity contribution is 0.0937. The predicted octanol–water partition coefficient (Wildman–Crippen LogP) is 4.29. The molecule has 2 nitrogen and oxygen atoms in total. The molecule has 5 heteroatoms. The summed E-state index contributed by atoms with van der Waals surface area (Å²) in [5, 5.41) is 4.97. The Hall–Kier alpha value is -0.780. The number of hydrogen-bond acceptors (Lipinski definition) is 3. The number of nitrogens with one attached hydrogen (secondary N) is 1. The summed E-state index contributed by atoms with van der Waals surface area (Å²) in [4.78, 5) is 13.9. The summed E-state index contributed by atoms with van der Waals surface area (Å²) in [6.45, 7) is 1.97. The van der Waals surface area contributed by atoms with E-state index in [1.165, 1.54) is 0 Å². The van der Waals surface area contributed by atoms with Crippen molar-refractivity contribution >= 4 is 45.8 Å². The van der Waals surface area contributed by atoms with E-state index in [-0.39, 0.29) is 11.9 Å². The van der Waals surface area contributed by atoms with Crippen molar-refractivity contribution in [1.82, 2.24) is 5.32 Å². The molecule has 1 amide bonds. The minimum Gasteiger partial charge on any atom is -0.345 e. The second-order valence-corrected chi connectivity index (χ2v) is 6.25. The van der Waals surface area contributed by atoms with Crippen molar-refractivity contribution < 1.29 is 4.79 Å². The number of thiophene rings is 1. The van der Waals surface area contributed by atoms with Gasteiger partial charge in [0, 0.05) is 14.2 Å². The summed E-state index contributed by atoms with van der Waals surface area (Å²) >= 11 is 9.30. The second kappa shape index (κ2) is 5.91. The van der Waals surface area contributed by atoms with Crippen molar-refractivity contribution in [3.8, 4) is 0 Å². The maximum atomic E-state index is 12.1. The monoisotopic (exact) mass is 341 g/mol. The quantitative estimate of drug-likeness (QED) is 0.801. The Morgan fingerprint density at radius 3 is 2.83 bits per heavy atom. The third kappa shape index (κ3) is 3.16. The van der Waals surface area contributed by atoms with Gasteiger partial charge in [0.15, 0.2) is 0 Å². The van der Waals surface area contributed by atoms with Crippen LogP contribution in [-0.2, 0) is 0 Å². The standard InChI is InChI=1S/C13H12BrNOS2/c1-8(12-3-2-6-18-12)15-13(16)10-5-4-9(14)7-11(10)17/h2-8,17H,1H3,(H,15,16). The van der Waals surface area contributed by atoms with Gasteiger partial charge in [-0.1, -0.05) is 22.0 Å². The van der Waals surface area contributed by atoms with Gasteiger partial charge < -0.3 is 5.32 Å². The van der Waals surface area contributed by atoms with E-state index in [1.807, 2.05) is 36.6 Å². The Labute approximate surface area is 124 Å². The van der Waals surface area contributed by atoms with Crippen LogP contribution in [0.15, 0.2) is 45.1 Å². The molecule has 1 heterocycles. The van der Waals surface area contributed by atoms with Crippen LogP contribution in [0.5, 0.6) is 0 Å². The molecule has 1 aromatic carbocycles. The van der Waals surface area contributed by atoms with E-state index >= 15 is 0 Å². The molecule has 0 aliphatic heterocycles. The summed E-state index contributed by atoms with van der Waals surface area (Å²) < 4.78 is 0.912. The van der Waals surface area contributed by atoms with Crippen molar-refractivity contribution in [2.45, 2.75) is 17.9 Å². The van der Waals surface area contributed by atoms with E-state index in [4.69, 9.17) is 0 Å². The first-order chi connectivity index (χ1) is 8.58. The number of carbonyl (C=O) groups excluding carboxylic acids is 1. The molecule has 2 aromatic rings. The third-order valence-corrected chi connectivity index (χ3v) is 4.44. The van der Waals surface area contributed by atoms with Gasteiger partial charge in [-0.05, 0) is 36.6 Å². The molecule has 0 fully saturated rings. The lowest BCUT2D eigenvalue weighted by atomic mass is 10.2. The van der Waals surface area contributed by atoms with Crippen LogP contribution in [0.25, 0.3) is 0 Å². The van der Waals surface area contributed by atoms with E-state index in [1.54, 1.807) is 17.4 Å². The Morgan fingerprint density at radius 1 is 1.44 bits per heavy atom. The van der Waals surface area contributed by atoms with Crippen molar-refractivity contribution in [1.29, 1.82) is 0 Å². The fraction of sp³-hybridized carbons (Fsp3) is 0.154. The van der Waals surface area contributed by atoms with Crippen molar-refractivity contribution in [3.05, 3.63) is 50.6 Å². The zero-order valence-electron chi connectivity index (χ0n) is 9.68. The van der Waals surface area contributed by atoms with Gasteiger partial charge in [-0.3, -0.25) is 4.79 Å². The fourth-order valence-electron chi connectivity index (χ4n) is 1.58. The van der Waals surface area contributed by atoms with Crippen LogP contribution in [0.3, 0.4) is 0 Å². The van der Waals surface area contributed by atoms with E-state index in [9.17, 15) is 4.79 Å². The van der Waals surface area contributed by atoms with Crippen LogP contribution in [-0.4, -0.2) is 5.91 Å². The fourth-order valence-corrected chi connectivity index (χ4v) is 3.17. The molecule has 94 valence electrons. The van der Waals surface area contributed by atoms with Crippen molar-refractivity contribution in [3.63, 3.8) is 0 Å². The third-order valence-electron chi connectivity index (χ3n) is 2.52. The van der Waals surface area contributed by atoms with Crippen LogP contribution < -0.4 is 5.32 Å². The lowest BCUT2D eigenvalue weighted by Gasteiger charge is -2.13. The van der Waals surface area contributed by atoms with Crippen LogP contribution in [0.2, 0.25) is 0 Å². The van der Waals surface area contributed by atoms with Gasteiger partial charge in [0.1, 0.15) is 0 Å². The first-order valence-corrected chi connectivity index (χ1v) is 7.52. The molecule has 0 aliphatic rings. The number of benzene rings is 1. The molecule has 0 saturated carbocycles. The molecule has 0 bridgehead atoms. The molecule has 1 N–H and O–H groups in total. The highest BCUT2D eigenvalue weighted by Crippen LogP contribution is 2.22. The number of hydrogen-bond donors (Lipinski definition) is 2. The van der Waals surface area contributed by atoms with Crippen LogP contribution >= 0.6 is 39.9 Å². The van der Waals surface area contributed by atoms with E-state index < -0.39 is 0 Å². The summed E-state index contributed by atoms with van der Waals surface area (Å²) in [5.74, 6) is -0.103. The minimum atomic E-state index is -0.103. The van der Waals surface area contributed by atoms with E-state index in [0.29, 0.717) is 10.5 Å². The molecule has 0 saturated heterocycles. The molecule has 1 atom stereocenters. The Bertz CT molecular complexity index is 554. The molecule has 2 rings (SSSR count). The summed E-state index contributed by atoms with van der Waals surface area (Å²) in [6, 6.07) is 9.42. The van der Waals surface area contributed by atoms with Gasteiger partial charge in [-0.25, -0.2) is 0 Å². The molecule has 1 aromatic heterocycles. The number of rotatable bonds is 3. The number of amides is 1. The maximum absolute atomic E-state index is 12.1. The van der Waals surface area contributed by atoms with Crippen LogP contribution in [0, 0.1) is 0 Å². The van der Waals surface area contributed by atoms with Gasteiger partial charge >= 0.3 is 0 Å². The number of halogens is 1. The van der Waals surface area contributed by atoms with Gasteiger partial charge in [0.2, 0.25) is 0 Å². The molecule has 18 heavy (non-hydrogen) atoms. The Kier molecular flexibility index (Phi) is 4.48. The topological polar surface area (TPSA) is 29.1 Å². The first-order valence-electron chi connectivity index (χ1n) is 5.40. The molecule has 0 spiro atoms. The molecular weight excluding hydrogens is 330 g/mol.